The van der Waals surface area contributed by atoms with Gasteiger partial charge in [0.1, 0.15) is 11.7 Å². The fraction of sp³-hybridized carbons (Fsp3) is 0.118. The molecule has 0 aliphatic rings. The number of carboxylic acid groups (broad SMARTS) is 1. The number of halogens is 1. The summed E-state index contributed by atoms with van der Waals surface area (Å²) >= 11 is 5.75. The molecule has 0 fully saturated rings. The van der Waals surface area contributed by atoms with Gasteiger partial charge in [-0.25, -0.2) is 4.79 Å². The van der Waals surface area contributed by atoms with Gasteiger partial charge in [0.25, 0.3) is 5.69 Å². The van der Waals surface area contributed by atoms with Gasteiger partial charge in [-0.15, -0.1) is 0 Å². The molecule has 0 aliphatic carbocycles. The number of anilines is 1. The Balaban J connectivity index is 2.10. The minimum Gasteiger partial charge on any atom is -0.480 e. The summed E-state index contributed by atoms with van der Waals surface area (Å²) < 4.78 is 0. The molecule has 0 radical (unpaired) electrons. The lowest BCUT2D eigenvalue weighted by Gasteiger charge is -2.14. The zero-order valence-electron chi connectivity index (χ0n) is 13.7. The quantitative estimate of drug-likeness (QED) is 0.391. The van der Waals surface area contributed by atoms with E-state index in [2.05, 4.69) is 10.6 Å². The van der Waals surface area contributed by atoms with E-state index in [9.17, 15) is 29.6 Å². The second-order valence-electron chi connectivity index (χ2n) is 5.43. The summed E-state index contributed by atoms with van der Waals surface area (Å²) in [7, 11) is 0. The number of nitrogens with one attached hydrogen (secondary N) is 2. The van der Waals surface area contributed by atoms with Gasteiger partial charge < -0.3 is 15.7 Å². The molecule has 0 bridgehead atoms. The Labute approximate surface area is 158 Å². The molecule has 1 atom stereocenters. The first-order valence-corrected chi connectivity index (χ1v) is 7.98. The number of nitrogens with zero attached hydrogens (tertiary/aromatic N) is 1. The Bertz CT molecular complexity index is 887. The predicted molar refractivity (Wildman–Crippen MR) is 96.4 cm³/mol. The summed E-state index contributed by atoms with van der Waals surface area (Å²) in [6, 6.07) is 10.6. The first kappa shape index (κ1) is 19.9. The molecule has 0 saturated carbocycles. The van der Waals surface area contributed by atoms with Gasteiger partial charge in [-0.3, -0.25) is 19.7 Å². The summed E-state index contributed by atoms with van der Waals surface area (Å²) in [5.74, 6) is -3.82. The van der Waals surface area contributed by atoms with Gasteiger partial charge in [0.2, 0.25) is 0 Å². The monoisotopic (exact) mass is 391 g/mol. The minimum absolute atomic E-state index is 0.0352. The van der Waals surface area contributed by atoms with Crippen LogP contribution in [0.2, 0.25) is 5.02 Å². The van der Waals surface area contributed by atoms with E-state index in [0.29, 0.717) is 5.56 Å². The fourth-order valence-electron chi connectivity index (χ4n) is 2.22. The van der Waals surface area contributed by atoms with Crippen molar-refractivity contribution in [2.24, 2.45) is 0 Å². The van der Waals surface area contributed by atoms with Crippen molar-refractivity contribution < 1.29 is 24.4 Å². The molecule has 0 aliphatic heterocycles. The number of benzene rings is 2. The second-order valence-corrected chi connectivity index (χ2v) is 5.86. The van der Waals surface area contributed by atoms with Gasteiger partial charge in [0, 0.05) is 17.5 Å². The predicted octanol–water partition coefficient (Wildman–Crippen LogP) is 2.00. The van der Waals surface area contributed by atoms with Gasteiger partial charge in [-0.2, -0.15) is 0 Å². The van der Waals surface area contributed by atoms with Gasteiger partial charge in [0.05, 0.1) is 4.92 Å². The minimum atomic E-state index is -1.35. The number of hydrogen-bond acceptors (Lipinski definition) is 5. The lowest BCUT2D eigenvalue weighted by Crippen LogP contribution is -2.46. The maximum absolute atomic E-state index is 12.0. The van der Waals surface area contributed by atoms with Crippen LogP contribution < -0.4 is 10.6 Å². The maximum Gasteiger partial charge on any atom is 0.326 e. The Morgan fingerprint density at radius 2 is 1.78 bits per heavy atom. The highest BCUT2D eigenvalue weighted by molar-refractivity contribution is 6.40. The van der Waals surface area contributed by atoms with Gasteiger partial charge in [-0.05, 0) is 17.7 Å². The number of carbonyl (C=O) groups is 3. The van der Waals surface area contributed by atoms with Crippen LogP contribution in [0.3, 0.4) is 0 Å². The standard InChI is InChI=1S/C17H14ClN3O6/c18-11-6-7-14(21(26)27)12(9-11)19-15(22)16(23)20-13(17(24)25)8-10-4-2-1-3-5-10/h1-7,9,13H,8H2,(H,19,22)(H,20,23)(H,24,25)/t13-/m0/s1. The van der Waals surface area contributed by atoms with Crippen molar-refractivity contribution in [3.05, 3.63) is 69.2 Å². The Kier molecular flexibility index (Phi) is 6.45. The molecule has 140 valence electrons. The van der Waals surface area contributed by atoms with Crippen LogP contribution in [0, 0.1) is 10.1 Å². The number of aliphatic carboxylic acids is 1. The average molecular weight is 392 g/mol. The van der Waals surface area contributed by atoms with E-state index in [4.69, 9.17) is 11.6 Å². The number of hydrogen-bond donors (Lipinski definition) is 3. The molecule has 2 amide bonds. The van der Waals surface area contributed by atoms with Crippen molar-refractivity contribution in [2.75, 3.05) is 5.32 Å². The summed E-state index contributed by atoms with van der Waals surface area (Å²) in [5, 5.41) is 24.5. The van der Waals surface area contributed by atoms with Gasteiger partial charge in [0.15, 0.2) is 0 Å². The van der Waals surface area contributed by atoms with Crippen LogP contribution >= 0.6 is 11.6 Å². The van der Waals surface area contributed by atoms with Crippen molar-refractivity contribution >= 4 is 40.8 Å². The highest BCUT2D eigenvalue weighted by Gasteiger charge is 2.26. The molecule has 2 rings (SSSR count). The van der Waals surface area contributed by atoms with E-state index < -0.39 is 34.4 Å². The van der Waals surface area contributed by atoms with Crippen LogP contribution in [0.5, 0.6) is 0 Å². The summed E-state index contributed by atoms with van der Waals surface area (Å²) in [5.41, 5.74) is -0.0849. The fourth-order valence-corrected chi connectivity index (χ4v) is 2.39. The number of rotatable bonds is 6. The normalized spacial score (nSPS) is 11.3. The zero-order valence-corrected chi connectivity index (χ0v) is 14.5. The Morgan fingerprint density at radius 3 is 2.37 bits per heavy atom. The molecule has 3 N–H and O–H groups in total. The van der Waals surface area contributed by atoms with Crippen LogP contribution in [0.15, 0.2) is 48.5 Å². The van der Waals surface area contributed by atoms with E-state index >= 15 is 0 Å². The number of amides is 2. The first-order chi connectivity index (χ1) is 12.8. The second kappa shape index (κ2) is 8.77. The molecule has 0 saturated heterocycles. The van der Waals surface area contributed by atoms with Crippen molar-refractivity contribution in [1.29, 1.82) is 0 Å². The van der Waals surface area contributed by atoms with Crippen molar-refractivity contribution in [1.82, 2.24) is 5.32 Å². The molecule has 27 heavy (non-hydrogen) atoms. The van der Waals surface area contributed by atoms with Crippen LogP contribution in [0.4, 0.5) is 11.4 Å². The lowest BCUT2D eigenvalue weighted by atomic mass is 10.1. The van der Waals surface area contributed by atoms with E-state index in [1.807, 2.05) is 0 Å². The number of carboxylic acids is 1. The topological polar surface area (TPSA) is 139 Å². The highest BCUT2D eigenvalue weighted by Crippen LogP contribution is 2.27. The maximum atomic E-state index is 12.0. The smallest absolute Gasteiger partial charge is 0.326 e. The molecule has 2 aromatic carbocycles. The van der Waals surface area contributed by atoms with E-state index in [0.717, 1.165) is 12.1 Å². The summed E-state index contributed by atoms with van der Waals surface area (Å²) in [6.45, 7) is 0. The van der Waals surface area contributed by atoms with Crippen molar-refractivity contribution in [2.45, 2.75) is 12.5 Å². The number of nitro groups is 1. The molecule has 9 nitrogen and oxygen atoms in total. The Morgan fingerprint density at radius 1 is 1.11 bits per heavy atom. The Hall–Kier alpha value is -3.46. The largest absolute Gasteiger partial charge is 0.480 e. The van der Waals surface area contributed by atoms with Crippen LogP contribution in [0.25, 0.3) is 0 Å². The van der Waals surface area contributed by atoms with Gasteiger partial charge >= 0.3 is 17.8 Å². The van der Waals surface area contributed by atoms with Crippen LogP contribution in [0.1, 0.15) is 5.56 Å². The van der Waals surface area contributed by atoms with E-state index in [-0.39, 0.29) is 17.1 Å². The van der Waals surface area contributed by atoms with Crippen molar-refractivity contribution in [3.8, 4) is 0 Å². The summed E-state index contributed by atoms with van der Waals surface area (Å²) in [6.07, 6.45) is -0.0352. The molecule has 0 spiro atoms. The number of carbonyl (C=O) groups excluding carboxylic acids is 2. The lowest BCUT2D eigenvalue weighted by molar-refractivity contribution is -0.383. The van der Waals surface area contributed by atoms with E-state index in [1.54, 1.807) is 30.3 Å². The molecule has 0 aromatic heterocycles. The highest BCUT2D eigenvalue weighted by atomic mass is 35.5. The van der Waals surface area contributed by atoms with Crippen molar-refractivity contribution in [3.63, 3.8) is 0 Å². The van der Waals surface area contributed by atoms with Gasteiger partial charge in [-0.1, -0.05) is 41.9 Å². The molecule has 10 heteroatoms. The third kappa shape index (κ3) is 5.51. The first-order valence-electron chi connectivity index (χ1n) is 7.60. The third-order valence-electron chi connectivity index (χ3n) is 3.50. The van der Waals surface area contributed by atoms with Crippen LogP contribution in [-0.2, 0) is 20.8 Å². The number of nitro benzene ring substituents is 1. The average Bonchev–Trinajstić information content (AvgIpc) is 2.61. The molecule has 0 unspecified atom stereocenters. The molecular formula is C17H14ClN3O6. The zero-order chi connectivity index (χ0) is 20.0. The van der Waals surface area contributed by atoms with Crippen LogP contribution in [-0.4, -0.2) is 33.9 Å². The molecular weight excluding hydrogens is 378 g/mol. The molecule has 2 aromatic rings. The summed E-state index contributed by atoms with van der Waals surface area (Å²) in [4.78, 5) is 45.6. The SMILES string of the molecule is O=C(Nc1cc(Cl)ccc1[N+](=O)[O-])C(=O)N[C@@H](Cc1ccccc1)C(=O)O. The third-order valence-corrected chi connectivity index (χ3v) is 3.73. The molecule has 0 heterocycles. The van der Waals surface area contributed by atoms with E-state index in [1.165, 1.54) is 6.07 Å².